The largest absolute Gasteiger partial charge is 0.497 e. The fraction of sp³-hybridized carbons (Fsp3) is 0.526. The number of methoxy groups -OCH3 is 1. The minimum Gasteiger partial charge on any atom is -0.497 e. The monoisotopic (exact) mass is 356 g/mol. The van der Waals surface area contributed by atoms with Gasteiger partial charge in [0, 0.05) is 31.5 Å². The van der Waals surface area contributed by atoms with Crippen molar-refractivity contribution in [2.24, 2.45) is 0 Å². The fourth-order valence-corrected chi connectivity index (χ4v) is 2.97. The molecule has 26 heavy (non-hydrogen) atoms. The Labute approximate surface area is 152 Å². The van der Waals surface area contributed by atoms with E-state index in [0.717, 1.165) is 42.9 Å². The van der Waals surface area contributed by atoms with Gasteiger partial charge >= 0.3 is 6.03 Å². The minimum absolute atomic E-state index is 0.0405. The van der Waals surface area contributed by atoms with Gasteiger partial charge in [-0.2, -0.15) is 4.98 Å². The molecule has 2 fully saturated rings. The van der Waals surface area contributed by atoms with E-state index < -0.39 is 0 Å². The van der Waals surface area contributed by atoms with E-state index in [2.05, 4.69) is 15.5 Å². The summed E-state index contributed by atoms with van der Waals surface area (Å²) in [7, 11) is 1.65. The van der Waals surface area contributed by atoms with Crippen LogP contribution >= 0.6 is 0 Å². The van der Waals surface area contributed by atoms with Crippen LogP contribution in [0.2, 0.25) is 0 Å². The molecule has 0 atom stereocenters. The predicted octanol–water partition coefficient (Wildman–Crippen LogP) is 2.87. The van der Waals surface area contributed by atoms with Crippen molar-refractivity contribution in [1.29, 1.82) is 0 Å². The molecule has 1 aromatic carbocycles. The van der Waals surface area contributed by atoms with Crippen LogP contribution in [-0.2, 0) is 13.0 Å². The highest BCUT2D eigenvalue weighted by Gasteiger charge is 2.33. The van der Waals surface area contributed by atoms with Crippen molar-refractivity contribution in [2.45, 2.75) is 50.6 Å². The van der Waals surface area contributed by atoms with Gasteiger partial charge in [0.05, 0.1) is 7.11 Å². The van der Waals surface area contributed by atoms with Crippen molar-refractivity contribution < 1.29 is 14.1 Å². The van der Waals surface area contributed by atoms with Gasteiger partial charge in [-0.05, 0) is 43.4 Å². The number of carbonyl (C=O) groups is 1. The van der Waals surface area contributed by atoms with E-state index in [4.69, 9.17) is 9.26 Å². The Morgan fingerprint density at radius 2 is 2.19 bits per heavy atom. The Morgan fingerprint density at radius 3 is 2.92 bits per heavy atom. The van der Waals surface area contributed by atoms with E-state index in [0.29, 0.717) is 37.3 Å². The molecule has 2 aliphatic carbocycles. The molecule has 0 bridgehead atoms. The van der Waals surface area contributed by atoms with Crippen LogP contribution in [0.4, 0.5) is 4.79 Å². The first-order valence-electron chi connectivity index (χ1n) is 9.23. The first kappa shape index (κ1) is 16.9. The van der Waals surface area contributed by atoms with Crippen molar-refractivity contribution in [3.05, 3.63) is 41.5 Å². The molecule has 7 nitrogen and oxygen atoms in total. The van der Waals surface area contributed by atoms with Crippen LogP contribution in [0.1, 0.15) is 48.9 Å². The Balaban J connectivity index is 1.30. The molecule has 7 heteroatoms. The third kappa shape index (κ3) is 4.15. The van der Waals surface area contributed by atoms with E-state index >= 15 is 0 Å². The van der Waals surface area contributed by atoms with Gasteiger partial charge in [-0.25, -0.2) is 4.79 Å². The lowest BCUT2D eigenvalue weighted by molar-refractivity contribution is 0.192. The SMILES string of the molecule is COc1cccc(CN(C(=O)NCCc2noc(C3CC3)n2)C2CC2)c1. The van der Waals surface area contributed by atoms with Gasteiger partial charge in [-0.3, -0.25) is 0 Å². The molecule has 0 unspecified atom stereocenters. The molecule has 2 aliphatic rings. The van der Waals surface area contributed by atoms with Crippen molar-refractivity contribution >= 4 is 6.03 Å². The molecular weight excluding hydrogens is 332 g/mol. The third-order valence-electron chi connectivity index (χ3n) is 4.77. The normalized spacial score (nSPS) is 16.3. The maximum absolute atomic E-state index is 12.6. The maximum atomic E-state index is 12.6. The second-order valence-corrected chi connectivity index (χ2v) is 7.02. The average molecular weight is 356 g/mol. The lowest BCUT2D eigenvalue weighted by atomic mass is 10.2. The van der Waals surface area contributed by atoms with E-state index in [-0.39, 0.29) is 6.03 Å². The molecule has 0 spiro atoms. The third-order valence-corrected chi connectivity index (χ3v) is 4.77. The molecule has 0 radical (unpaired) electrons. The van der Waals surface area contributed by atoms with E-state index in [1.807, 2.05) is 29.2 Å². The number of hydrogen-bond acceptors (Lipinski definition) is 5. The number of urea groups is 1. The first-order valence-corrected chi connectivity index (χ1v) is 9.23. The Morgan fingerprint density at radius 1 is 1.35 bits per heavy atom. The van der Waals surface area contributed by atoms with Crippen LogP contribution in [-0.4, -0.2) is 40.8 Å². The lowest BCUT2D eigenvalue weighted by Crippen LogP contribution is -2.41. The number of benzene rings is 1. The molecule has 4 rings (SSSR count). The number of carbonyl (C=O) groups excluding carboxylic acids is 1. The highest BCUT2D eigenvalue weighted by molar-refractivity contribution is 5.75. The summed E-state index contributed by atoms with van der Waals surface area (Å²) in [5.74, 6) is 2.67. The van der Waals surface area contributed by atoms with E-state index in [9.17, 15) is 4.79 Å². The van der Waals surface area contributed by atoms with E-state index in [1.165, 1.54) is 0 Å². The molecular formula is C19H24N4O3. The summed E-state index contributed by atoms with van der Waals surface area (Å²) in [6.45, 7) is 1.09. The summed E-state index contributed by atoms with van der Waals surface area (Å²) in [5, 5.41) is 6.98. The van der Waals surface area contributed by atoms with Crippen LogP contribution in [0.15, 0.2) is 28.8 Å². The molecule has 1 heterocycles. The number of hydrogen-bond donors (Lipinski definition) is 1. The molecule has 0 saturated heterocycles. The summed E-state index contributed by atoms with van der Waals surface area (Å²) >= 11 is 0. The molecule has 1 N–H and O–H groups in total. The Bertz CT molecular complexity index is 768. The molecule has 2 saturated carbocycles. The highest BCUT2D eigenvalue weighted by Crippen LogP contribution is 2.38. The van der Waals surface area contributed by atoms with Crippen LogP contribution in [0.25, 0.3) is 0 Å². The van der Waals surface area contributed by atoms with Crippen LogP contribution in [0.5, 0.6) is 5.75 Å². The average Bonchev–Trinajstić information content (AvgIpc) is 3.59. The predicted molar refractivity (Wildman–Crippen MR) is 94.9 cm³/mol. The zero-order valence-corrected chi connectivity index (χ0v) is 15.0. The van der Waals surface area contributed by atoms with Gasteiger partial charge < -0.3 is 19.5 Å². The van der Waals surface area contributed by atoms with E-state index in [1.54, 1.807) is 7.11 Å². The zero-order valence-electron chi connectivity index (χ0n) is 15.0. The molecule has 1 aromatic heterocycles. The van der Waals surface area contributed by atoms with Gasteiger partial charge in [0.15, 0.2) is 5.82 Å². The van der Waals surface area contributed by atoms with Gasteiger partial charge in [-0.15, -0.1) is 0 Å². The number of rotatable bonds is 8. The van der Waals surface area contributed by atoms with Gasteiger partial charge in [0.25, 0.3) is 0 Å². The maximum Gasteiger partial charge on any atom is 0.317 e. The zero-order chi connectivity index (χ0) is 17.9. The Hall–Kier alpha value is -2.57. The van der Waals surface area contributed by atoms with Crippen molar-refractivity contribution in [2.75, 3.05) is 13.7 Å². The number of ether oxygens (including phenoxy) is 1. The minimum atomic E-state index is -0.0405. The summed E-state index contributed by atoms with van der Waals surface area (Å²) in [6.07, 6.45) is 4.98. The molecule has 2 aromatic rings. The van der Waals surface area contributed by atoms with Crippen molar-refractivity contribution in [3.63, 3.8) is 0 Å². The topological polar surface area (TPSA) is 80.5 Å². The number of nitrogens with one attached hydrogen (secondary N) is 1. The second-order valence-electron chi connectivity index (χ2n) is 7.02. The first-order chi connectivity index (χ1) is 12.7. The van der Waals surface area contributed by atoms with Crippen molar-refractivity contribution in [3.8, 4) is 5.75 Å². The number of nitrogens with zero attached hydrogens (tertiary/aromatic N) is 3. The summed E-state index contributed by atoms with van der Waals surface area (Å²) in [6, 6.07) is 8.14. The molecule has 2 amide bonds. The second kappa shape index (κ2) is 7.35. The lowest BCUT2D eigenvalue weighted by Gasteiger charge is -2.23. The number of aromatic nitrogens is 2. The van der Waals surface area contributed by atoms with Crippen LogP contribution in [0.3, 0.4) is 0 Å². The summed E-state index contributed by atoms with van der Waals surface area (Å²) < 4.78 is 10.5. The fourth-order valence-electron chi connectivity index (χ4n) is 2.97. The van der Waals surface area contributed by atoms with Gasteiger partial charge in [-0.1, -0.05) is 17.3 Å². The van der Waals surface area contributed by atoms with Gasteiger partial charge in [0.2, 0.25) is 5.89 Å². The summed E-state index contributed by atoms with van der Waals surface area (Å²) in [5.41, 5.74) is 1.07. The highest BCUT2D eigenvalue weighted by atomic mass is 16.5. The number of amides is 2. The molecule has 0 aliphatic heterocycles. The Kier molecular flexibility index (Phi) is 4.77. The molecule has 138 valence electrons. The quantitative estimate of drug-likeness (QED) is 0.787. The summed E-state index contributed by atoms with van der Waals surface area (Å²) in [4.78, 5) is 18.9. The standard InChI is InChI=1S/C19H24N4O3/c1-25-16-4-2-3-13(11-16)12-23(15-7-8-15)19(24)20-10-9-17-21-18(26-22-17)14-5-6-14/h2-4,11,14-15H,5-10,12H2,1H3,(H,20,24). The van der Waals surface area contributed by atoms with Gasteiger partial charge in [0.1, 0.15) is 5.75 Å². The van der Waals surface area contributed by atoms with Crippen LogP contribution < -0.4 is 10.1 Å². The van der Waals surface area contributed by atoms with Crippen molar-refractivity contribution in [1.82, 2.24) is 20.4 Å². The van der Waals surface area contributed by atoms with Crippen LogP contribution in [0, 0.1) is 0 Å². The smallest absolute Gasteiger partial charge is 0.317 e.